The van der Waals surface area contributed by atoms with E-state index in [0.717, 1.165) is 12.1 Å². The van der Waals surface area contributed by atoms with Crippen molar-refractivity contribution in [3.63, 3.8) is 0 Å². The second-order valence-electron chi connectivity index (χ2n) is 3.47. The van der Waals surface area contributed by atoms with Gasteiger partial charge < -0.3 is 4.79 Å². The lowest BCUT2D eigenvalue weighted by Gasteiger charge is -2.14. The summed E-state index contributed by atoms with van der Waals surface area (Å²) in [5.41, 5.74) is 0.382. The highest BCUT2D eigenvalue weighted by Gasteiger charge is 2.31. The molecule has 0 heterocycles. The van der Waals surface area contributed by atoms with Crippen LogP contribution in [0.4, 0.5) is 13.2 Å². The molecule has 0 amide bonds. The van der Waals surface area contributed by atoms with E-state index in [0.29, 0.717) is 22.7 Å². The highest BCUT2D eigenvalue weighted by atomic mass is 79.9. The van der Waals surface area contributed by atoms with Gasteiger partial charge in [-0.05, 0) is 30.2 Å². The Bertz CT molecular complexity index is 387. The van der Waals surface area contributed by atoms with Crippen molar-refractivity contribution < 1.29 is 18.0 Å². The van der Waals surface area contributed by atoms with Gasteiger partial charge in [-0.2, -0.15) is 13.2 Å². The van der Waals surface area contributed by atoms with E-state index in [1.54, 1.807) is 6.92 Å². The van der Waals surface area contributed by atoms with Crippen LogP contribution in [0.2, 0.25) is 0 Å². The number of rotatable bonds is 3. The highest BCUT2D eigenvalue weighted by molar-refractivity contribution is 9.09. The summed E-state index contributed by atoms with van der Waals surface area (Å²) in [6.45, 7) is 1.69. The van der Waals surface area contributed by atoms with Crippen molar-refractivity contribution in [1.82, 2.24) is 0 Å². The molecule has 0 bridgehead atoms. The van der Waals surface area contributed by atoms with Crippen LogP contribution in [-0.4, -0.2) is 11.6 Å². The normalized spacial score (nSPS) is 13.6. The first-order valence-electron chi connectivity index (χ1n) is 4.59. The molecule has 1 aromatic rings. The minimum Gasteiger partial charge on any atom is -0.303 e. The van der Waals surface area contributed by atoms with E-state index in [2.05, 4.69) is 15.9 Å². The van der Waals surface area contributed by atoms with Gasteiger partial charge in [-0.25, -0.2) is 0 Å². The molecule has 0 saturated heterocycles. The van der Waals surface area contributed by atoms with Crippen LogP contribution < -0.4 is 0 Å². The first-order valence-corrected chi connectivity index (χ1v) is 5.71. The van der Waals surface area contributed by atoms with E-state index in [1.807, 2.05) is 0 Å². The second-order valence-corrected chi connectivity index (χ2v) is 4.11. The number of aldehydes is 1. The zero-order chi connectivity index (χ0) is 12.3. The predicted molar refractivity (Wildman–Crippen MR) is 58.8 cm³/mol. The van der Waals surface area contributed by atoms with Crippen LogP contribution in [0.5, 0.6) is 0 Å². The summed E-state index contributed by atoms with van der Waals surface area (Å²) in [6, 6.07) is 3.45. The smallest absolute Gasteiger partial charge is 0.303 e. The maximum atomic E-state index is 12.5. The molecule has 0 spiro atoms. The van der Waals surface area contributed by atoms with Crippen LogP contribution in [0.3, 0.4) is 0 Å². The Balaban J connectivity index is 3.23. The molecule has 5 heteroatoms. The molecule has 0 saturated carbocycles. The average Bonchev–Trinajstić information content (AvgIpc) is 2.20. The highest BCUT2D eigenvalue weighted by Crippen LogP contribution is 2.32. The monoisotopic (exact) mass is 294 g/mol. The van der Waals surface area contributed by atoms with E-state index in [1.165, 1.54) is 6.07 Å². The summed E-state index contributed by atoms with van der Waals surface area (Å²) < 4.78 is 37.4. The maximum absolute atomic E-state index is 12.5. The number of hydrogen-bond donors (Lipinski definition) is 0. The largest absolute Gasteiger partial charge is 0.416 e. The summed E-state index contributed by atoms with van der Waals surface area (Å²) in [6.07, 6.45) is -3.72. The van der Waals surface area contributed by atoms with Crippen molar-refractivity contribution in [2.75, 3.05) is 5.33 Å². The summed E-state index contributed by atoms with van der Waals surface area (Å²) >= 11 is 3.11. The van der Waals surface area contributed by atoms with Crippen LogP contribution in [0.15, 0.2) is 18.2 Å². The van der Waals surface area contributed by atoms with Crippen LogP contribution in [0, 0.1) is 6.92 Å². The van der Waals surface area contributed by atoms with Gasteiger partial charge in [0.2, 0.25) is 0 Å². The molecule has 0 radical (unpaired) electrons. The molecular formula is C11H10BrF3O. The van der Waals surface area contributed by atoms with E-state index in [9.17, 15) is 18.0 Å². The average molecular weight is 295 g/mol. The third-order valence-electron chi connectivity index (χ3n) is 2.34. The van der Waals surface area contributed by atoms with Gasteiger partial charge in [0.15, 0.2) is 0 Å². The summed E-state index contributed by atoms with van der Waals surface area (Å²) in [5, 5.41) is 0.318. The third-order valence-corrected chi connectivity index (χ3v) is 3.03. The number of aryl methyl sites for hydroxylation is 1. The number of carbonyl (C=O) groups excluding carboxylic acids is 1. The number of hydrogen-bond acceptors (Lipinski definition) is 1. The molecule has 1 unspecified atom stereocenters. The maximum Gasteiger partial charge on any atom is 0.416 e. The summed E-state index contributed by atoms with van der Waals surface area (Å²) in [7, 11) is 0. The lowest BCUT2D eigenvalue weighted by atomic mass is 9.95. The van der Waals surface area contributed by atoms with Gasteiger partial charge in [0.05, 0.1) is 5.56 Å². The first kappa shape index (κ1) is 13.2. The molecule has 0 aliphatic heterocycles. The molecule has 1 atom stereocenters. The molecular weight excluding hydrogens is 285 g/mol. The predicted octanol–water partition coefficient (Wildman–Crippen LogP) is 3.69. The van der Waals surface area contributed by atoms with Crippen LogP contribution in [-0.2, 0) is 11.0 Å². The Labute approximate surface area is 99.8 Å². The minimum absolute atomic E-state index is 0.318. The SMILES string of the molecule is Cc1ccc(C(F)(F)F)cc1C(C=O)CBr. The van der Waals surface area contributed by atoms with Gasteiger partial charge in [0, 0.05) is 11.2 Å². The molecule has 0 aliphatic carbocycles. The van der Waals surface area contributed by atoms with E-state index < -0.39 is 17.7 Å². The topological polar surface area (TPSA) is 17.1 Å². The standard InChI is InChI=1S/C11H10BrF3O/c1-7-2-3-9(11(13,14)15)4-10(7)8(5-12)6-16/h2-4,6,8H,5H2,1H3. The Hall–Kier alpha value is -0.840. The number of halogens is 4. The lowest BCUT2D eigenvalue weighted by Crippen LogP contribution is -2.09. The van der Waals surface area contributed by atoms with E-state index in [-0.39, 0.29) is 0 Å². The molecule has 16 heavy (non-hydrogen) atoms. The van der Waals surface area contributed by atoms with Gasteiger partial charge in [-0.3, -0.25) is 0 Å². The van der Waals surface area contributed by atoms with Crippen molar-refractivity contribution >= 4 is 22.2 Å². The first-order chi connectivity index (χ1) is 7.40. The third kappa shape index (κ3) is 2.84. The summed E-state index contributed by atoms with van der Waals surface area (Å²) in [4.78, 5) is 10.7. The van der Waals surface area contributed by atoms with Crippen molar-refractivity contribution in [3.05, 3.63) is 34.9 Å². The fraction of sp³-hybridized carbons (Fsp3) is 0.364. The lowest BCUT2D eigenvalue weighted by molar-refractivity contribution is -0.137. The molecule has 88 valence electrons. The van der Waals surface area contributed by atoms with E-state index in [4.69, 9.17) is 0 Å². The van der Waals surface area contributed by atoms with Crippen molar-refractivity contribution in [2.45, 2.75) is 19.0 Å². The Morgan fingerprint density at radius 3 is 2.50 bits per heavy atom. The zero-order valence-electron chi connectivity index (χ0n) is 8.51. The number of alkyl halides is 4. The second kappa shape index (κ2) is 4.99. The zero-order valence-corrected chi connectivity index (χ0v) is 10.1. The van der Waals surface area contributed by atoms with Crippen LogP contribution in [0.1, 0.15) is 22.6 Å². The van der Waals surface area contributed by atoms with E-state index >= 15 is 0 Å². The Morgan fingerprint density at radius 2 is 2.06 bits per heavy atom. The fourth-order valence-electron chi connectivity index (χ4n) is 1.41. The van der Waals surface area contributed by atoms with Gasteiger partial charge >= 0.3 is 6.18 Å². The van der Waals surface area contributed by atoms with Crippen LogP contribution >= 0.6 is 15.9 Å². The number of carbonyl (C=O) groups is 1. The fourth-order valence-corrected chi connectivity index (χ4v) is 1.91. The minimum atomic E-state index is -4.37. The molecule has 1 aromatic carbocycles. The van der Waals surface area contributed by atoms with Crippen LogP contribution in [0.25, 0.3) is 0 Å². The molecule has 1 nitrogen and oxygen atoms in total. The van der Waals surface area contributed by atoms with Gasteiger partial charge in [-0.1, -0.05) is 22.0 Å². The molecule has 0 aliphatic rings. The summed E-state index contributed by atoms with van der Waals surface area (Å²) in [5.74, 6) is -0.540. The Kier molecular flexibility index (Phi) is 4.13. The van der Waals surface area contributed by atoms with Crippen molar-refractivity contribution in [1.29, 1.82) is 0 Å². The molecule has 0 fully saturated rings. The van der Waals surface area contributed by atoms with Crippen molar-refractivity contribution in [2.24, 2.45) is 0 Å². The van der Waals surface area contributed by atoms with Gasteiger partial charge in [0.25, 0.3) is 0 Å². The van der Waals surface area contributed by atoms with Gasteiger partial charge in [-0.15, -0.1) is 0 Å². The molecule has 0 N–H and O–H groups in total. The molecule has 0 aromatic heterocycles. The Morgan fingerprint density at radius 1 is 1.44 bits per heavy atom. The van der Waals surface area contributed by atoms with Crippen molar-refractivity contribution in [3.8, 4) is 0 Å². The molecule has 1 rings (SSSR count). The number of benzene rings is 1. The van der Waals surface area contributed by atoms with Gasteiger partial charge in [0.1, 0.15) is 6.29 Å². The quantitative estimate of drug-likeness (QED) is 0.614.